The van der Waals surface area contributed by atoms with Gasteiger partial charge in [0.05, 0.1) is 5.92 Å². The molecule has 1 aromatic carbocycles. The summed E-state index contributed by atoms with van der Waals surface area (Å²) in [5, 5.41) is 8.79. The maximum atomic E-state index is 11.9. The summed E-state index contributed by atoms with van der Waals surface area (Å²) >= 11 is 0. The molecule has 1 aliphatic rings. The molecule has 0 radical (unpaired) electrons. The predicted octanol–water partition coefficient (Wildman–Crippen LogP) is 0.961. The summed E-state index contributed by atoms with van der Waals surface area (Å²) in [6, 6.07) is 9.55. The molecule has 0 saturated carbocycles. The molecule has 20 heavy (non-hydrogen) atoms. The Morgan fingerprint density at radius 2 is 1.85 bits per heavy atom. The first-order chi connectivity index (χ1) is 9.70. The van der Waals surface area contributed by atoms with Crippen molar-refractivity contribution in [3.8, 4) is 0 Å². The molecule has 5 nitrogen and oxygen atoms in total. The Bertz CT molecular complexity index is 452. The summed E-state index contributed by atoms with van der Waals surface area (Å²) < 4.78 is 5.30. The van der Waals surface area contributed by atoms with Gasteiger partial charge in [-0.05, 0) is 18.4 Å². The van der Waals surface area contributed by atoms with Crippen LogP contribution in [0.25, 0.3) is 0 Å². The second kappa shape index (κ2) is 7.05. The number of amides is 1. The molecule has 1 amide bonds. The molecule has 1 heterocycles. The molecule has 0 atom stereocenters. The third kappa shape index (κ3) is 3.81. The van der Waals surface area contributed by atoms with Crippen LogP contribution in [0.1, 0.15) is 18.4 Å². The molecule has 1 saturated heterocycles. The van der Waals surface area contributed by atoms with Crippen LogP contribution in [0.4, 0.5) is 0 Å². The van der Waals surface area contributed by atoms with E-state index >= 15 is 0 Å². The zero-order chi connectivity index (χ0) is 14.4. The summed E-state index contributed by atoms with van der Waals surface area (Å²) in [4.78, 5) is 24.8. The highest BCUT2D eigenvalue weighted by molar-refractivity contribution is 5.78. The third-order valence-corrected chi connectivity index (χ3v) is 3.54. The fraction of sp³-hybridized carbons (Fsp3) is 0.467. The number of hydrogen-bond acceptors (Lipinski definition) is 4. The van der Waals surface area contributed by atoms with Crippen LogP contribution in [0.2, 0.25) is 0 Å². The van der Waals surface area contributed by atoms with E-state index in [9.17, 15) is 9.59 Å². The van der Waals surface area contributed by atoms with Crippen molar-refractivity contribution < 1.29 is 19.4 Å². The number of piperidine rings is 1. The fourth-order valence-electron chi connectivity index (χ4n) is 2.31. The average Bonchev–Trinajstić information content (AvgIpc) is 2.53. The van der Waals surface area contributed by atoms with Crippen molar-refractivity contribution in [1.82, 2.24) is 4.90 Å². The summed E-state index contributed by atoms with van der Waals surface area (Å²) in [5.74, 6) is -0.632. The lowest BCUT2D eigenvalue weighted by atomic mass is 9.97. The molecule has 1 aromatic rings. The minimum atomic E-state index is -0.469. The van der Waals surface area contributed by atoms with Gasteiger partial charge in [-0.2, -0.15) is 0 Å². The van der Waals surface area contributed by atoms with Gasteiger partial charge in [0.25, 0.3) is 0 Å². The fourth-order valence-corrected chi connectivity index (χ4v) is 2.31. The molecule has 108 valence electrons. The number of carbonyl (C=O) groups is 2. The van der Waals surface area contributed by atoms with Gasteiger partial charge >= 0.3 is 5.97 Å². The number of ether oxygens (including phenoxy) is 1. The topological polar surface area (TPSA) is 66.8 Å². The Kier molecular flexibility index (Phi) is 5.12. The third-order valence-electron chi connectivity index (χ3n) is 3.54. The van der Waals surface area contributed by atoms with E-state index in [1.54, 1.807) is 4.90 Å². The van der Waals surface area contributed by atoms with Crippen molar-refractivity contribution in [2.24, 2.45) is 5.92 Å². The highest BCUT2D eigenvalue weighted by Crippen LogP contribution is 2.19. The summed E-state index contributed by atoms with van der Waals surface area (Å²) in [7, 11) is 0. The molecular weight excluding hydrogens is 258 g/mol. The summed E-state index contributed by atoms with van der Waals surface area (Å²) in [6.45, 7) is 0.827. The second-order valence-electron chi connectivity index (χ2n) is 4.91. The Morgan fingerprint density at radius 1 is 1.20 bits per heavy atom. The number of esters is 1. The van der Waals surface area contributed by atoms with Gasteiger partial charge in [0.15, 0.2) is 0 Å². The molecule has 0 spiro atoms. The van der Waals surface area contributed by atoms with Crippen molar-refractivity contribution in [3.05, 3.63) is 35.9 Å². The van der Waals surface area contributed by atoms with Crippen LogP contribution >= 0.6 is 0 Å². The van der Waals surface area contributed by atoms with E-state index in [1.807, 2.05) is 30.3 Å². The van der Waals surface area contributed by atoms with Gasteiger partial charge in [-0.15, -0.1) is 0 Å². The van der Waals surface area contributed by atoms with E-state index < -0.39 is 6.61 Å². The van der Waals surface area contributed by atoms with Crippen LogP contribution in [-0.2, 0) is 20.9 Å². The van der Waals surface area contributed by atoms with E-state index in [0.29, 0.717) is 25.9 Å². The monoisotopic (exact) mass is 277 g/mol. The number of hydrogen-bond donors (Lipinski definition) is 1. The zero-order valence-corrected chi connectivity index (χ0v) is 11.3. The number of carbonyl (C=O) groups excluding carboxylic acids is 2. The van der Waals surface area contributed by atoms with Gasteiger partial charge in [-0.1, -0.05) is 30.3 Å². The number of likely N-dealkylation sites (tertiary alicyclic amines) is 1. The highest BCUT2D eigenvalue weighted by atomic mass is 16.5. The molecule has 0 unspecified atom stereocenters. The molecule has 0 aromatic heterocycles. The lowest BCUT2D eigenvalue weighted by Crippen LogP contribution is -2.41. The molecular formula is C15H19NO4. The Hall–Kier alpha value is -1.88. The summed E-state index contributed by atoms with van der Waals surface area (Å²) in [6.07, 6.45) is 1.19. The number of benzene rings is 1. The van der Waals surface area contributed by atoms with E-state index in [0.717, 1.165) is 5.56 Å². The lowest BCUT2D eigenvalue weighted by molar-refractivity contribution is -0.153. The first kappa shape index (κ1) is 14.5. The zero-order valence-electron chi connectivity index (χ0n) is 11.3. The van der Waals surface area contributed by atoms with Crippen LogP contribution < -0.4 is 0 Å². The van der Waals surface area contributed by atoms with Crippen LogP contribution in [0.5, 0.6) is 0 Å². The number of nitrogens with zero attached hydrogens (tertiary/aromatic N) is 1. The number of aliphatic hydroxyl groups excluding tert-OH is 1. The van der Waals surface area contributed by atoms with Gasteiger partial charge in [-0.3, -0.25) is 9.59 Å². The smallest absolute Gasteiger partial charge is 0.309 e. The molecule has 1 fully saturated rings. The Labute approximate surface area is 118 Å². The second-order valence-corrected chi connectivity index (χ2v) is 4.91. The molecule has 0 bridgehead atoms. The van der Waals surface area contributed by atoms with Crippen LogP contribution in [0.15, 0.2) is 30.3 Å². The van der Waals surface area contributed by atoms with E-state index in [1.165, 1.54) is 0 Å². The molecule has 5 heteroatoms. The van der Waals surface area contributed by atoms with Crippen LogP contribution in [0.3, 0.4) is 0 Å². The van der Waals surface area contributed by atoms with Crippen molar-refractivity contribution in [1.29, 1.82) is 0 Å². The Balaban J connectivity index is 1.76. The average molecular weight is 277 g/mol. The van der Waals surface area contributed by atoms with Crippen LogP contribution in [0, 0.1) is 5.92 Å². The van der Waals surface area contributed by atoms with Gasteiger partial charge < -0.3 is 14.7 Å². The lowest BCUT2D eigenvalue weighted by Gasteiger charge is -2.30. The number of aliphatic hydroxyl groups is 1. The van der Waals surface area contributed by atoms with E-state index in [-0.39, 0.29) is 24.4 Å². The normalized spacial score (nSPS) is 15.9. The van der Waals surface area contributed by atoms with Gasteiger partial charge in [0.2, 0.25) is 5.91 Å². The highest BCUT2D eigenvalue weighted by Gasteiger charge is 2.27. The molecule has 0 aliphatic carbocycles. The Morgan fingerprint density at radius 3 is 2.45 bits per heavy atom. The standard InChI is InChI=1S/C15H19NO4/c17-10-14(18)16-8-6-13(7-9-16)15(19)20-11-12-4-2-1-3-5-12/h1-5,13,17H,6-11H2. The van der Waals surface area contributed by atoms with Crippen molar-refractivity contribution in [2.45, 2.75) is 19.4 Å². The SMILES string of the molecule is O=C(OCc1ccccc1)C1CCN(C(=O)CO)CC1. The molecule has 2 rings (SSSR count). The minimum Gasteiger partial charge on any atom is -0.461 e. The van der Waals surface area contributed by atoms with E-state index in [2.05, 4.69) is 0 Å². The maximum Gasteiger partial charge on any atom is 0.309 e. The van der Waals surface area contributed by atoms with Crippen molar-refractivity contribution in [2.75, 3.05) is 19.7 Å². The van der Waals surface area contributed by atoms with Crippen molar-refractivity contribution >= 4 is 11.9 Å². The quantitative estimate of drug-likeness (QED) is 0.832. The maximum absolute atomic E-state index is 11.9. The van der Waals surface area contributed by atoms with Crippen molar-refractivity contribution in [3.63, 3.8) is 0 Å². The number of rotatable bonds is 4. The molecule has 1 aliphatic heterocycles. The largest absolute Gasteiger partial charge is 0.461 e. The van der Waals surface area contributed by atoms with Gasteiger partial charge in [0, 0.05) is 13.1 Å². The molecule has 1 N–H and O–H groups in total. The van der Waals surface area contributed by atoms with E-state index in [4.69, 9.17) is 9.84 Å². The first-order valence-electron chi connectivity index (χ1n) is 6.80. The predicted molar refractivity (Wildman–Crippen MR) is 72.6 cm³/mol. The van der Waals surface area contributed by atoms with Crippen LogP contribution in [-0.4, -0.2) is 41.6 Å². The van der Waals surface area contributed by atoms with Gasteiger partial charge in [-0.25, -0.2) is 0 Å². The summed E-state index contributed by atoms with van der Waals surface area (Å²) in [5.41, 5.74) is 0.966. The van der Waals surface area contributed by atoms with Gasteiger partial charge in [0.1, 0.15) is 13.2 Å². The minimum absolute atomic E-state index is 0.151. The first-order valence-corrected chi connectivity index (χ1v) is 6.80.